The molecule has 1 fully saturated rings. The Balaban J connectivity index is 1.71. The van der Waals surface area contributed by atoms with E-state index in [1.165, 1.54) is 10.6 Å². The summed E-state index contributed by atoms with van der Waals surface area (Å²) in [6.07, 6.45) is 3.58. The number of nitrogens with zero attached hydrogens (tertiary/aromatic N) is 3. The Bertz CT molecular complexity index is 568. The minimum absolute atomic E-state index is 0.310. The predicted octanol–water partition coefficient (Wildman–Crippen LogP) is 1.25. The minimum atomic E-state index is 0.310. The first-order chi connectivity index (χ1) is 9.20. The molecule has 1 aliphatic heterocycles. The largest absolute Gasteiger partial charge is 0.369 e. The Morgan fingerprint density at radius 2 is 2.37 bits per heavy atom. The molecule has 1 aliphatic rings. The second-order valence-electron chi connectivity index (χ2n) is 4.85. The van der Waals surface area contributed by atoms with Crippen LogP contribution in [0.25, 0.3) is 0 Å². The van der Waals surface area contributed by atoms with Crippen LogP contribution in [0.4, 0.5) is 11.6 Å². The zero-order valence-electron chi connectivity index (χ0n) is 10.6. The number of hydrogen-bond acceptors (Lipinski definition) is 6. The van der Waals surface area contributed by atoms with Crippen LogP contribution in [0.15, 0.2) is 23.7 Å². The molecule has 0 aliphatic carbocycles. The summed E-state index contributed by atoms with van der Waals surface area (Å²) in [7, 11) is 0. The van der Waals surface area contributed by atoms with E-state index in [1.807, 2.05) is 6.07 Å². The highest BCUT2D eigenvalue weighted by atomic mass is 32.1. The number of rotatable bonds is 3. The van der Waals surface area contributed by atoms with Crippen molar-refractivity contribution >= 4 is 23.0 Å². The molecule has 1 unspecified atom stereocenters. The van der Waals surface area contributed by atoms with Crippen LogP contribution in [0, 0.1) is 0 Å². The molecule has 2 aromatic heterocycles. The van der Waals surface area contributed by atoms with E-state index in [2.05, 4.69) is 26.3 Å². The van der Waals surface area contributed by atoms with Crippen molar-refractivity contribution in [3.63, 3.8) is 0 Å². The van der Waals surface area contributed by atoms with Gasteiger partial charge in [0.15, 0.2) is 0 Å². The van der Waals surface area contributed by atoms with Crippen LogP contribution in [-0.4, -0.2) is 29.1 Å². The summed E-state index contributed by atoms with van der Waals surface area (Å²) in [5.74, 6) is 0.333. The van der Waals surface area contributed by atoms with Crippen LogP contribution in [0.1, 0.15) is 17.0 Å². The highest BCUT2D eigenvalue weighted by Gasteiger charge is 2.20. The highest BCUT2D eigenvalue weighted by Crippen LogP contribution is 2.27. The quantitative estimate of drug-likeness (QED) is 0.881. The first-order valence-electron chi connectivity index (χ1n) is 6.36. The van der Waals surface area contributed by atoms with Gasteiger partial charge in [-0.2, -0.15) is 0 Å². The zero-order chi connectivity index (χ0) is 13.2. The van der Waals surface area contributed by atoms with Crippen molar-refractivity contribution in [1.29, 1.82) is 0 Å². The normalized spacial score (nSPS) is 19.0. The molecule has 4 N–H and O–H groups in total. The fourth-order valence-corrected chi connectivity index (χ4v) is 3.25. The Morgan fingerprint density at radius 3 is 3.11 bits per heavy atom. The summed E-state index contributed by atoms with van der Waals surface area (Å²) < 4.78 is 0. The maximum Gasteiger partial charge on any atom is 0.220 e. The van der Waals surface area contributed by atoms with E-state index in [4.69, 9.17) is 11.5 Å². The van der Waals surface area contributed by atoms with Crippen LogP contribution in [0.2, 0.25) is 0 Å². The molecule has 1 atom stereocenters. The molecule has 0 aromatic carbocycles. The summed E-state index contributed by atoms with van der Waals surface area (Å²) in [6, 6.07) is 4.44. The van der Waals surface area contributed by atoms with Gasteiger partial charge in [0.05, 0.1) is 5.69 Å². The molecule has 0 saturated carbocycles. The molecule has 19 heavy (non-hydrogen) atoms. The standard InChI is InChI=1S/C13H17N5S/c14-9-2-4-18(7-9)11-6-12(19-8-11)5-10-1-3-16-13(15)17-10/h1,3,6,8-9H,2,4-5,7,14H2,(H2,15,16,17). The topological polar surface area (TPSA) is 81.1 Å². The third-order valence-corrected chi connectivity index (χ3v) is 4.24. The monoisotopic (exact) mass is 275 g/mol. The molecule has 1 saturated heterocycles. The second kappa shape index (κ2) is 5.14. The number of aromatic nitrogens is 2. The van der Waals surface area contributed by atoms with Gasteiger partial charge in [0, 0.05) is 47.7 Å². The number of nitrogen functional groups attached to an aromatic ring is 1. The van der Waals surface area contributed by atoms with Crippen molar-refractivity contribution in [1.82, 2.24) is 9.97 Å². The first kappa shape index (κ1) is 12.4. The van der Waals surface area contributed by atoms with Gasteiger partial charge in [0.2, 0.25) is 5.95 Å². The number of hydrogen-bond donors (Lipinski definition) is 2. The molecule has 2 aromatic rings. The fourth-order valence-electron chi connectivity index (χ4n) is 2.34. The molecule has 100 valence electrons. The lowest BCUT2D eigenvalue weighted by Crippen LogP contribution is -2.25. The molecule has 0 bridgehead atoms. The average molecular weight is 275 g/mol. The molecule has 0 radical (unpaired) electrons. The lowest BCUT2D eigenvalue weighted by molar-refractivity contribution is 0.752. The predicted molar refractivity (Wildman–Crippen MR) is 78.4 cm³/mol. The van der Waals surface area contributed by atoms with E-state index < -0.39 is 0 Å². The molecule has 0 amide bonds. The summed E-state index contributed by atoms with van der Waals surface area (Å²) in [6.45, 7) is 2.01. The summed E-state index contributed by atoms with van der Waals surface area (Å²) >= 11 is 1.75. The Kier molecular flexibility index (Phi) is 3.35. The van der Waals surface area contributed by atoms with Crippen molar-refractivity contribution in [2.45, 2.75) is 18.9 Å². The average Bonchev–Trinajstić information content (AvgIpc) is 2.98. The molecule has 6 heteroatoms. The second-order valence-corrected chi connectivity index (χ2v) is 5.84. The summed E-state index contributed by atoms with van der Waals surface area (Å²) in [4.78, 5) is 11.8. The van der Waals surface area contributed by atoms with Crippen LogP contribution >= 0.6 is 11.3 Å². The summed E-state index contributed by atoms with van der Waals surface area (Å²) in [5, 5.41) is 2.19. The Labute approximate surface area is 116 Å². The third-order valence-electron chi connectivity index (χ3n) is 3.32. The highest BCUT2D eigenvalue weighted by molar-refractivity contribution is 7.10. The molecule has 0 spiro atoms. The van der Waals surface area contributed by atoms with E-state index in [0.717, 1.165) is 31.6 Å². The van der Waals surface area contributed by atoms with E-state index in [0.29, 0.717) is 12.0 Å². The molecular formula is C13H17N5S. The first-order valence-corrected chi connectivity index (χ1v) is 7.24. The lowest BCUT2D eigenvalue weighted by Gasteiger charge is -2.15. The van der Waals surface area contributed by atoms with Crippen molar-refractivity contribution in [2.75, 3.05) is 23.7 Å². The van der Waals surface area contributed by atoms with Crippen molar-refractivity contribution in [3.8, 4) is 0 Å². The Morgan fingerprint density at radius 1 is 1.47 bits per heavy atom. The van der Waals surface area contributed by atoms with E-state index in [1.54, 1.807) is 17.5 Å². The van der Waals surface area contributed by atoms with E-state index in [-0.39, 0.29) is 0 Å². The van der Waals surface area contributed by atoms with Gasteiger partial charge in [-0.25, -0.2) is 9.97 Å². The minimum Gasteiger partial charge on any atom is -0.369 e. The van der Waals surface area contributed by atoms with E-state index >= 15 is 0 Å². The van der Waals surface area contributed by atoms with Crippen molar-refractivity contribution in [2.24, 2.45) is 5.73 Å². The Hall–Kier alpha value is -1.66. The SMILES string of the molecule is Nc1nccc(Cc2cc(N3CCC(N)C3)cs2)n1. The zero-order valence-corrected chi connectivity index (χ0v) is 11.4. The summed E-state index contributed by atoms with van der Waals surface area (Å²) in [5.41, 5.74) is 13.8. The van der Waals surface area contributed by atoms with Gasteiger partial charge < -0.3 is 16.4 Å². The van der Waals surface area contributed by atoms with Gasteiger partial charge in [0.25, 0.3) is 0 Å². The third kappa shape index (κ3) is 2.85. The van der Waals surface area contributed by atoms with Gasteiger partial charge in [-0.1, -0.05) is 0 Å². The lowest BCUT2D eigenvalue weighted by atomic mass is 10.2. The number of nitrogens with two attached hydrogens (primary N) is 2. The van der Waals surface area contributed by atoms with Gasteiger partial charge in [-0.15, -0.1) is 11.3 Å². The van der Waals surface area contributed by atoms with Crippen molar-refractivity contribution < 1.29 is 0 Å². The van der Waals surface area contributed by atoms with Crippen molar-refractivity contribution in [3.05, 3.63) is 34.3 Å². The molecule has 3 heterocycles. The molecular weight excluding hydrogens is 258 g/mol. The van der Waals surface area contributed by atoms with Gasteiger partial charge >= 0.3 is 0 Å². The maximum absolute atomic E-state index is 5.94. The van der Waals surface area contributed by atoms with Crippen LogP contribution in [-0.2, 0) is 6.42 Å². The van der Waals surface area contributed by atoms with Gasteiger partial charge in [-0.3, -0.25) is 0 Å². The number of thiophene rings is 1. The van der Waals surface area contributed by atoms with E-state index in [9.17, 15) is 0 Å². The van der Waals surface area contributed by atoms with Crippen LogP contribution < -0.4 is 16.4 Å². The maximum atomic E-state index is 5.94. The van der Waals surface area contributed by atoms with Gasteiger partial charge in [-0.05, 0) is 18.6 Å². The van der Waals surface area contributed by atoms with Crippen LogP contribution in [0.3, 0.4) is 0 Å². The van der Waals surface area contributed by atoms with Gasteiger partial charge in [0.1, 0.15) is 0 Å². The smallest absolute Gasteiger partial charge is 0.220 e. The van der Waals surface area contributed by atoms with Crippen LogP contribution in [0.5, 0.6) is 0 Å². The number of anilines is 2. The molecule has 5 nitrogen and oxygen atoms in total. The fraction of sp³-hybridized carbons (Fsp3) is 0.385. The molecule has 3 rings (SSSR count).